The summed E-state index contributed by atoms with van der Waals surface area (Å²) in [6, 6.07) is 17.2. The maximum absolute atomic E-state index is 13.2. The van der Waals surface area contributed by atoms with Crippen LogP contribution in [-0.2, 0) is 16.2 Å². The van der Waals surface area contributed by atoms with Gasteiger partial charge in [-0.05, 0) is 54.6 Å². The first-order chi connectivity index (χ1) is 17.6. The van der Waals surface area contributed by atoms with Crippen LogP contribution in [0.2, 0.25) is 5.02 Å². The van der Waals surface area contributed by atoms with Crippen LogP contribution >= 0.6 is 11.6 Å². The molecule has 7 nitrogen and oxygen atoms in total. The lowest BCUT2D eigenvalue weighted by Gasteiger charge is -2.34. The third-order valence-corrected chi connectivity index (χ3v) is 8.48. The molecule has 1 aliphatic rings. The number of piperazine rings is 1. The van der Waals surface area contributed by atoms with Crippen molar-refractivity contribution in [3.63, 3.8) is 0 Å². The Morgan fingerprint density at radius 3 is 2.27 bits per heavy atom. The number of aromatic nitrogens is 2. The molecule has 1 saturated heterocycles. The number of carbonyl (C=O) groups is 1. The van der Waals surface area contributed by atoms with Gasteiger partial charge in [-0.3, -0.25) is 9.36 Å². The summed E-state index contributed by atoms with van der Waals surface area (Å²) in [7, 11) is -4.20. The quantitative estimate of drug-likeness (QED) is 0.366. The molecule has 0 atom stereocenters. The molecule has 0 aliphatic carbocycles. The van der Waals surface area contributed by atoms with E-state index in [2.05, 4.69) is 4.98 Å². The zero-order valence-corrected chi connectivity index (χ0v) is 20.8. The zero-order valence-electron chi connectivity index (χ0n) is 19.2. The molecule has 192 valence electrons. The number of benzene rings is 3. The van der Waals surface area contributed by atoms with Crippen molar-refractivity contribution in [2.75, 3.05) is 26.2 Å². The van der Waals surface area contributed by atoms with E-state index in [0.29, 0.717) is 11.6 Å². The largest absolute Gasteiger partial charge is 0.417 e. The average molecular weight is 549 g/mol. The van der Waals surface area contributed by atoms with Gasteiger partial charge in [-0.25, -0.2) is 13.4 Å². The normalized spacial score (nSPS) is 15.3. The summed E-state index contributed by atoms with van der Waals surface area (Å²) in [5, 5.41) is -0.575. The van der Waals surface area contributed by atoms with Gasteiger partial charge in [0, 0.05) is 37.4 Å². The van der Waals surface area contributed by atoms with E-state index in [4.69, 9.17) is 11.6 Å². The van der Waals surface area contributed by atoms with Gasteiger partial charge in [0.1, 0.15) is 6.33 Å². The zero-order chi connectivity index (χ0) is 26.4. The molecule has 4 aromatic rings. The van der Waals surface area contributed by atoms with E-state index in [0.717, 1.165) is 33.2 Å². The molecule has 5 rings (SSSR count). The number of hydrogen-bond acceptors (Lipinski definition) is 4. The standard InChI is InChI=1S/C25H20ClF3N4O3S/c26-21-10-9-19(15-20(21)25(27,28)29)37(35,36)32-13-11-31(12-14-32)24(34)17-5-7-18(8-6-17)33-16-30-22-3-1-2-4-23(22)33/h1-10,15-16H,11-14H2. The van der Waals surface area contributed by atoms with Crippen molar-refractivity contribution in [1.29, 1.82) is 0 Å². The molecule has 0 unspecified atom stereocenters. The van der Waals surface area contributed by atoms with Crippen molar-refractivity contribution < 1.29 is 26.4 Å². The first-order valence-corrected chi connectivity index (χ1v) is 13.1. The number of alkyl halides is 3. The van der Waals surface area contributed by atoms with Gasteiger partial charge in [-0.15, -0.1) is 0 Å². The molecular formula is C25H20ClF3N4O3S. The number of carbonyl (C=O) groups excluding carboxylic acids is 1. The summed E-state index contributed by atoms with van der Waals surface area (Å²) >= 11 is 5.62. The Balaban J connectivity index is 1.27. The van der Waals surface area contributed by atoms with Crippen molar-refractivity contribution in [2.45, 2.75) is 11.1 Å². The Kier molecular flexibility index (Phi) is 6.47. The number of amides is 1. The number of nitrogens with zero attached hydrogens (tertiary/aromatic N) is 4. The number of imidazole rings is 1. The highest BCUT2D eigenvalue weighted by Crippen LogP contribution is 2.36. The lowest BCUT2D eigenvalue weighted by atomic mass is 10.1. The van der Waals surface area contributed by atoms with E-state index in [1.54, 1.807) is 30.6 Å². The second-order valence-electron chi connectivity index (χ2n) is 8.49. The molecule has 0 radical (unpaired) electrons. The van der Waals surface area contributed by atoms with Crippen molar-refractivity contribution >= 4 is 38.6 Å². The van der Waals surface area contributed by atoms with Crippen LogP contribution in [0.1, 0.15) is 15.9 Å². The molecule has 3 aromatic carbocycles. The lowest BCUT2D eigenvalue weighted by molar-refractivity contribution is -0.137. The molecule has 12 heteroatoms. The van der Waals surface area contributed by atoms with Crippen LogP contribution in [0.15, 0.2) is 78.0 Å². The third kappa shape index (κ3) is 4.81. The first-order valence-electron chi connectivity index (χ1n) is 11.2. The van der Waals surface area contributed by atoms with E-state index in [1.165, 1.54) is 4.90 Å². The fraction of sp³-hybridized carbons (Fsp3) is 0.200. The fourth-order valence-electron chi connectivity index (χ4n) is 4.27. The van der Waals surface area contributed by atoms with Gasteiger partial charge in [0.2, 0.25) is 10.0 Å². The van der Waals surface area contributed by atoms with Crippen LogP contribution < -0.4 is 0 Å². The van der Waals surface area contributed by atoms with Gasteiger partial charge >= 0.3 is 6.18 Å². The second kappa shape index (κ2) is 9.47. The number of hydrogen-bond donors (Lipinski definition) is 0. The molecule has 37 heavy (non-hydrogen) atoms. The summed E-state index contributed by atoms with van der Waals surface area (Å²) in [4.78, 5) is 18.4. The Morgan fingerprint density at radius 1 is 0.919 bits per heavy atom. The molecule has 0 N–H and O–H groups in total. The monoisotopic (exact) mass is 548 g/mol. The molecule has 1 aromatic heterocycles. The molecule has 1 fully saturated rings. The van der Waals surface area contributed by atoms with Crippen LogP contribution in [0.3, 0.4) is 0 Å². The van der Waals surface area contributed by atoms with Crippen molar-refractivity contribution in [3.8, 4) is 5.69 Å². The smallest absolute Gasteiger partial charge is 0.336 e. The number of rotatable bonds is 4. The summed E-state index contributed by atoms with van der Waals surface area (Å²) in [5.74, 6) is -0.259. The van der Waals surface area contributed by atoms with Crippen LogP contribution in [-0.4, -0.2) is 59.3 Å². The van der Waals surface area contributed by atoms with Crippen LogP contribution in [0.5, 0.6) is 0 Å². The van der Waals surface area contributed by atoms with E-state index < -0.39 is 31.7 Å². The topological polar surface area (TPSA) is 75.5 Å². The maximum atomic E-state index is 13.2. The minimum Gasteiger partial charge on any atom is -0.336 e. The Hall–Kier alpha value is -3.41. The van der Waals surface area contributed by atoms with E-state index in [-0.39, 0.29) is 32.1 Å². The maximum Gasteiger partial charge on any atom is 0.417 e. The summed E-state index contributed by atoms with van der Waals surface area (Å²) in [5.41, 5.74) is 1.85. The van der Waals surface area contributed by atoms with E-state index >= 15 is 0 Å². The van der Waals surface area contributed by atoms with Crippen molar-refractivity contribution in [1.82, 2.24) is 18.8 Å². The molecule has 1 aliphatic heterocycles. The predicted molar refractivity (Wildman–Crippen MR) is 132 cm³/mol. The van der Waals surface area contributed by atoms with Crippen molar-refractivity contribution in [3.05, 3.63) is 89.2 Å². The SMILES string of the molecule is O=C(c1ccc(-n2cnc3ccccc32)cc1)N1CCN(S(=O)(=O)c2ccc(Cl)c(C(F)(F)F)c2)CC1. The van der Waals surface area contributed by atoms with E-state index in [9.17, 15) is 26.4 Å². The summed E-state index contributed by atoms with van der Waals surface area (Å²) in [6.45, 7) is 0.117. The highest BCUT2D eigenvalue weighted by molar-refractivity contribution is 7.89. The van der Waals surface area contributed by atoms with E-state index in [1.807, 2.05) is 28.8 Å². The number of fused-ring (bicyclic) bond motifs is 1. The fourth-order valence-corrected chi connectivity index (χ4v) is 5.95. The molecule has 2 heterocycles. The van der Waals surface area contributed by atoms with Crippen LogP contribution in [0.25, 0.3) is 16.7 Å². The highest BCUT2D eigenvalue weighted by Gasteiger charge is 2.36. The third-order valence-electron chi connectivity index (χ3n) is 6.25. The molecule has 1 amide bonds. The van der Waals surface area contributed by atoms with Crippen LogP contribution in [0.4, 0.5) is 13.2 Å². The summed E-state index contributed by atoms with van der Waals surface area (Å²) < 4.78 is 68.5. The Bertz CT molecular complexity index is 1580. The van der Waals surface area contributed by atoms with Gasteiger partial charge in [0.15, 0.2) is 0 Å². The van der Waals surface area contributed by atoms with Gasteiger partial charge in [0.05, 0.1) is 26.5 Å². The summed E-state index contributed by atoms with van der Waals surface area (Å²) in [6.07, 6.45) is -3.08. The first kappa shape index (κ1) is 25.2. The van der Waals surface area contributed by atoms with Gasteiger partial charge in [-0.2, -0.15) is 17.5 Å². The van der Waals surface area contributed by atoms with Gasteiger partial charge < -0.3 is 4.90 Å². The molecule has 0 bridgehead atoms. The number of para-hydroxylation sites is 2. The van der Waals surface area contributed by atoms with Crippen molar-refractivity contribution in [2.24, 2.45) is 0 Å². The molecular weight excluding hydrogens is 529 g/mol. The highest BCUT2D eigenvalue weighted by atomic mass is 35.5. The van der Waals surface area contributed by atoms with Gasteiger partial charge in [-0.1, -0.05) is 23.7 Å². The minimum atomic E-state index is -4.78. The lowest BCUT2D eigenvalue weighted by Crippen LogP contribution is -2.50. The predicted octanol–water partition coefficient (Wildman–Crippen LogP) is 4.84. The second-order valence-corrected chi connectivity index (χ2v) is 10.8. The van der Waals surface area contributed by atoms with Crippen LogP contribution in [0, 0.1) is 0 Å². The Morgan fingerprint density at radius 2 is 1.59 bits per heavy atom. The number of sulfonamides is 1. The molecule has 0 spiro atoms. The average Bonchev–Trinajstić information content (AvgIpc) is 3.32. The molecule has 0 saturated carbocycles. The van der Waals surface area contributed by atoms with Gasteiger partial charge in [0.25, 0.3) is 5.91 Å². The minimum absolute atomic E-state index is 0.0445. The number of halogens is 4. The Labute approximate surface area is 215 Å².